The van der Waals surface area contributed by atoms with E-state index in [4.69, 9.17) is 15.1 Å². The van der Waals surface area contributed by atoms with Gasteiger partial charge in [-0.15, -0.1) is 5.10 Å². The third kappa shape index (κ3) is 4.27. The van der Waals surface area contributed by atoms with Gasteiger partial charge in [0.1, 0.15) is 5.69 Å². The van der Waals surface area contributed by atoms with Crippen molar-refractivity contribution >= 4 is 7.32 Å². The molecule has 2 rings (SSSR count). The van der Waals surface area contributed by atoms with Gasteiger partial charge in [-0.2, -0.15) is 0 Å². The van der Waals surface area contributed by atoms with Crippen LogP contribution in [0.3, 0.4) is 0 Å². The van der Waals surface area contributed by atoms with E-state index in [2.05, 4.69) is 25.6 Å². The highest BCUT2D eigenvalue weighted by Crippen LogP contribution is 2.06. The number of nitrogens with zero attached hydrogens (tertiary/aromatic N) is 4. The Labute approximate surface area is 84.8 Å². The minimum atomic E-state index is -2.17. The van der Waals surface area contributed by atoms with Crippen molar-refractivity contribution in [3.05, 3.63) is 24.4 Å². The van der Waals surface area contributed by atoms with Crippen LogP contribution in [0.1, 0.15) is 0 Å². The number of rotatable bonds is 1. The van der Waals surface area contributed by atoms with Gasteiger partial charge in [0.15, 0.2) is 5.82 Å². The Balaban J connectivity index is 0.000000245. The normalized spacial score (nSPS) is 9.00. The van der Waals surface area contributed by atoms with Crippen LogP contribution in [-0.4, -0.2) is 48.0 Å². The summed E-state index contributed by atoms with van der Waals surface area (Å²) in [4.78, 5) is 4.05. The smallest absolute Gasteiger partial charge is 0.402 e. The van der Waals surface area contributed by atoms with E-state index >= 15 is 0 Å². The maximum Gasteiger partial charge on any atom is 0.631 e. The fourth-order valence-electron chi connectivity index (χ4n) is 0.771. The summed E-state index contributed by atoms with van der Waals surface area (Å²) in [5.41, 5.74) is 0.748. The molecule has 0 saturated heterocycles. The molecule has 2 heterocycles. The summed E-state index contributed by atoms with van der Waals surface area (Å²) in [5.74, 6) is 0.589. The van der Waals surface area contributed by atoms with Crippen LogP contribution < -0.4 is 0 Å². The molecule has 0 bridgehead atoms. The molecule has 0 aliphatic rings. The second-order valence-corrected chi connectivity index (χ2v) is 2.31. The summed E-state index contributed by atoms with van der Waals surface area (Å²) in [6.45, 7) is 0. The van der Waals surface area contributed by atoms with E-state index in [-0.39, 0.29) is 0 Å². The van der Waals surface area contributed by atoms with E-state index in [0.717, 1.165) is 5.69 Å². The van der Waals surface area contributed by atoms with Crippen molar-refractivity contribution < 1.29 is 15.1 Å². The molecule has 0 aromatic carbocycles. The number of tetrazole rings is 1. The zero-order valence-electron chi connectivity index (χ0n) is 7.52. The van der Waals surface area contributed by atoms with Gasteiger partial charge in [-0.05, 0) is 22.6 Å². The fraction of sp³-hybridized carbons (Fsp3) is 0. The highest BCUT2D eigenvalue weighted by Gasteiger charge is 1.99. The molecule has 0 saturated carbocycles. The number of H-pyrrole nitrogens is 1. The molecule has 9 heteroatoms. The average Bonchev–Trinajstić information content (AvgIpc) is 2.71. The van der Waals surface area contributed by atoms with Crippen LogP contribution in [-0.2, 0) is 0 Å². The summed E-state index contributed by atoms with van der Waals surface area (Å²) in [7, 11) is -2.17. The molecule has 4 N–H and O–H groups in total. The predicted molar refractivity (Wildman–Crippen MR) is 49.8 cm³/mol. The number of hydrogen-bond acceptors (Lipinski definition) is 7. The van der Waals surface area contributed by atoms with Crippen molar-refractivity contribution in [1.29, 1.82) is 0 Å². The van der Waals surface area contributed by atoms with Gasteiger partial charge in [0.05, 0.1) is 0 Å². The first kappa shape index (κ1) is 11.2. The molecule has 8 nitrogen and oxygen atoms in total. The Kier molecular flexibility index (Phi) is 4.35. The Morgan fingerprint density at radius 2 is 1.93 bits per heavy atom. The Bertz CT molecular complexity index is 365. The Hall–Kier alpha value is -1.84. The van der Waals surface area contributed by atoms with Crippen molar-refractivity contribution in [1.82, 2.24) is 25.6 Å². The van der Waals surface area contributed by atoms with E-state index in [1.807, 2.05) is 18.2 Å². The molecule has 0 atom stereocenters. The molecule has 78 valence electrons. The number of pyridine rings is 1. The molecular weight excluding hydrogens is 201 g/mol. The fourth-order valence-corrected chi connectivity index (χ4v) is 0.771. The molecule has 0 unspecified atom stereocenters. The van der Waals surface area contributed by atoms with Gasteiger partial charge in [0.2, 0.25) is 0 Å². The van der Waals surface area contributed by atoms with Crippen LogP contribution in [0.2, 0.25) is 0 Å². The van der Waals surface area contributed by atoms with Crippen LogP contribution >= 0.6 is 0 Å². The number of aromatic nitrogens is 5. The molecule has 0 radical (unpaired) electrons. The van der Waals surface area contributed by atoms with E-state index in [0.29, 0.717) is 5.82 Å². The van der Waals surface area contributed by atoms with Crippen molar-refractivity contribution in [3.8, 4) is 11.5 Å². The molecule has 0 amide bonds. The zero-order chi connectivity index (χ0) is 11.1. The summed E-state index contributed by atoms with van der Waals surface area (Å²) in [6, 6.07) is 5.56. The summed E-state index contributed by atoms with van der Waals surface area (Å²) >= 11 is 0. The number of hydrogen-bond donors (Lipinski definition) is 4. The predicted octanol–water partition coefficient (Wildman–Crippen LogP) is -1.79. The zero-order valence-corrected chi connectivity index (χ0v) is 7.52. The minimum absolute atomic E-state index is 0.589. The monoisotopic (exact) mass is 209 g/mol. The second-order valence-electron chi connectivity index (χ2n) is 2.31. The van der Waals surface area contributed by atoms with E-state index < -0.39 is 7.32 Å². The first-order valence-corrected chi connectivity index (χ1v) is 3.89. The molecule has 0 spiro atoms. The van der Waals surface area contributed by atoms with Crippen LogP contribution in [0.4, 0.5) is 0 Å². The Morgan fingerprint density at radius 3 is 2.40 bits per heavy atom. The van der Waals surface area contributed by atoms with Crippen LogP contribution in [0, 0.1) is 0 Å². The van der Waals surface area contributed by atoms with Crippen LogP contribution in [0.5, 0.6) is 0 Å². The maximum atomic E-state index is 7.17. The third-order valence-corrected chi connectivity index (χ3v) is 1.25. The number of aromatic amines is 1. The second kappa shape index (κ2) is 5.80. The average molecular weight is 209 g/mol. The molecule has 0 fully saturated rings. The highest BCUT2D eigenvalue weighted by molar-refractivity contribution is 6.30. The lowest BCUT2D eigenvalue weighted by Gasteiger charge is -1.89. The lowest BCUT2D eigenvalue weighted by atomic mass is 10.3. The molecule has 15 heavy (non-hydrogen) atoms. The van der Waals surface area contributed by atoms with Gasteiger partial charge in [0.25, 0.3) is 0 Å². The molecule has 2 aromatic heterocycles. The van der Waals surface area contributed by atoms with Gasteiger partial charge in [-0.3, -0.25) is 4.98 Å². The lowest BCUT2D eigenvalue weighted by Crippen LogP contribution is -2.07. The van der Waals surface area contributed by atoms with Gasteiger partial charge >= 0.3 is 7.32 Å². The first-order chi connectivity index (χ1) is 7.20. The maximum absolute atomic E-state index is 7.17. The van der Waals surface area contributed by atoms with Crippen molar-refractivity contribution in [3.63, 3.8) is 0 Å². The van der Waals surface area contributed by atoms with E-state index in [1.54, 1.807) is 6.20 Å². The minimum Gasteiger partial charge on any atom is -0.402 e. The van der Waals surface area contributed by atoms with Crippen molar-refractivity contribution in [2.45, 2.75) is 0 Å². The van der Waals surface area contributed by atoms with Gasteiger partial charge in [-0.1, -0.05) is 6.07 Å². The van der Waals surface area contributed by atoms with Crippen molar-refractivity contribution in [2.75, 3.05) is 0 Å². The summed E-state index contributed by atoms with van der Waals surface area (Å²) in [6.07, 6.45) is 1.69. The van der Waals surface area contributed by atoms with Gasteiger partial charge in [-0.25, -0.2) is 5.10 Å². The quantitative estimate of drug-likeness (QED) is 0.408. The van der Waals surface area contributed by atoms with Crippen LogP contribution in [0.15, 0.2) is 24.4 Å². The van der Waals surface area contributed by atoms with Gasteiger partial charge < -0.3 is 15.1 Å². The number of nitrogens with one attached hydrogen (secondary N) is 1. The molecular formula is C6H8BN5O3. The summed E-state index contributed by atoms with van der Waals surface area (Å²) in [5, 5.41) is 34.7. The standard InChI is InChI=1S/C6H5N5.BH3O3/c1-2-4-7-5(3-1)6-8-10-11-9-6;2-1(3)4/h1-4H,(H,8,9,10,11);2-4H. The van der Waals surface area contributed by atoms with E-state index in [1.165, 1.54) is 0 Å². The largest absolute Gasteiger partial charge is 0.631 e. The van der Waals surface area contributed by atoms with Gasteiger partial charge in [0, 0.05) is 6.20 Å². The molecule has 0 aliphatic heterocycles. The SMILES string of the molecule is OB(O)O.c1ccc(-c2nnn[nH]2)nc1. The first-order valence-electron chi connectivity index (χ1n) is 3.89. The Morgan fingerprint density at radius 1 is 1.20 bits per heavy atom. The molecule has 2 aromatic rings. The van der Waals surface area contributed by atoms with E-state index in [9.17, 15) is 0 Å². The van der Waals surface area contributed by atoms with Crippen molar-refractivity contribution in [2.24, 2.45) is 0 Å². The lowest BCUT2D eigenvalue weighted by molar-refractivity contribution is 0.278. The third-order valence-electron chi connectivity index (χ3n) is 1.25. The highest BCUT2D eigenvalue weighted by atomic mass is 16.5. The van der Waals surface area contributed by atoms with Crippen LogP contribution in [0.25, 0.3) is 11.5 Å². The summed E-state index contributed by atoms with van der Waals surface area (Å²) < 4.78 is 0. The molecule has 0 aliphatic carbocycles. The topological polar surface area (TPSA) is 128 Å².